The minimum absolute atomic E-state index is 0.109. The van der Waals surface area contributed by atoms with Crippen LogP contribution in [-0.4, -0.2) is 48.6 Å². The molecule has 1 aromatic rings. The molecule has 0 bridgehead atoms. The molecule has 0 atom stereocenters. The van der Waals surface area contributed by atoms with Gasteiger partial charge < -0.3 is 10.2 Å². The maximum atomic E-state index is 13.7. The third-order valence-corrected chi connectivity index (χ3v) is 5.30. The van der Waals surface area contributed by atoms with Crippen LogP contribution in [-0.2, 0) is 10.0 Å². The van der Waals surface area contributed by atoms with Gasteiger partial charge in [-0.2, -0.15) is 4.31 Å². The summed E-state index contributed by atoms with van der Waals surface area (Å²) < 4.78 is 39.4. The van der Waals surface area contributed by atoms with Crippen molar-refractivity contribution in [2.75, 3.05) is 19.7 Å². The molecule has 1 aromatic carbocycles. The molecule has 1 saturated heterocycles. The highest BCUT2D eigenvalue weighted by atomic mass is 32.2. The molecular formula is C12H14FNO5S. The molecule has 110 valence electrons. The van der Waals surface area contributed by atoms with Crippen LogP contribution < -0.4 is 0 Å². The number of rotatable bonds is 4. The van der Waals surface area contributed by atoms with Gasteiger partial charge in [-0.1, -0.05) is 0 Å². The molecule has 0 aliphatic carbocycles. The van der Waals surface area contributed by atoms with E-state index in [1.807, 2.05) is 0 Å². The first-order valence-corrected chi connectivity index (χ1v) is 7.35. The normalized spacial score (nSPS) is 16.9. The molecule has 8 heteroatoms. The van der Waals surface area contributed by atoms with Crippen molar-refractivity contribution >= 4 is 16.0 Å². The first-order chi connectivity index (χ1) is 9.27. The summed E-state index contributed by atoms with van der Waals surface area (Å²) in [5, 5.41) is 17.8. The number of carboxylic acid groups (broad SMARTS) is 1. The lowest BCUT2D eigenvalue weighted by molar-refractivity contribution is 0.0696. The number of hydrogen-bond acceptors (Lipinski definition) is 4. The van der Waals surface area contributed by atoms with Crippen molar-refractivity contribution < 1.29 is 27.8 Å². The van der Waals surface area contributed by atoms with Gasteiger partial charge in [-0.25, -0.2) is 17.6 Å². The van der Waals surface area contributed by atoms with E-state index in [4.69, 9.17) is 10.2 Å². The summed E-state index contributed by atoms with van der Waals surface area (Å²) in [6, 6.07) is 1.76. The van der Waals surface area contributed by atoms with Gasteiger partial charge in [-0.05, 0) is 19.1 Å². The number of hydrogen-bond donors (Lipinski definition) is 2. The third-order valence-electron chi connectivity index (χ3n) is 3.34. The van der Waals surface area contributed by atoms with Crippen LogP contribution in [0.15, 0.2) is 17.0 Å². The predicted molar refractivity (Wildman–Crippen MR) is 67.4 cm³/mol. The quantitative estimate of drug-likeness (QED) is 0.842. The number of nitrogens with zero attached hydrogens (tertiary/aromatic N) is 1. The van der Waals surface area contributed by atoms with Gasteiger partial charge in [0.25, 0.3) is 0 Å². The molecule has 2 N–H and O–H groups in total. The molecule has 0 spiro atoms. The van der Waals surface area contributed by atoms with E-state index in [1.165, 1.54) is 6.92 Å². The second kappa shape index (κ2) is 5.12. The van der Waals surface area contributed by atoms with E-state index in [2.05, 4.69) is 0 Å². The lowest BCUT2D eigenvalue weighted by Gasteiger charge is -2.37. The Morgan fingerprint density at radius 1 is 1.45 bits per heavy atom. The van der Waals surface area contributed by atoms with Crippen molar-refractivity contribution in [3.63, 3.8) is 0 Å². The smallest absolute Gasteiger partial charge is 0.335 e. The summed E-state index contributed by atoms with van der Waals surface area (Å²) in [6.45, 7) is 1.47. The molecule has 0 aromatic heterocycles. The van der Waals surface area contributed by atoms with E-state index in [1.54, 1.807) is 0 Å². The fourth-order valence-corrected chi connectivity index (χ4v) is 3.87. The molecule has 20 heavy (non-hydrogen) atoms. The Labute approximate surface area is 115 Å². The standard InChI is InChI=1S/C12H14FNO5S/c1-7-10(13)2-9(12(16)17)3-11(7)20(18,19)14-4-8(5-14)6-15/h2-3,8,15H,4-6H2,1H3,(H,16,17). The van der Waals surface area contributed by atoms with Crippen LogP contribution in [0, 0.1) is 18.7 Å². The fraction of sp³-hybridized carbons (Fsp3) is 0.417. The van der Waals surface area contributed by atoms with Gasteiger partial charge in [-0.15, -0.1) is 0 Å². The molecule has 6 nitrogen and oxygen atoms in total. The predicted octanol–water partition coefficient (Wildman–Crippen LogP) is 0.445. The number of aromatic carboxylic acids is 1. The highest BCUT2D eigenvalue weighted by Gasteiger charge is 2.37. The lowest BCUT2D eigenvalue weighted by Crippen LogP contribution is -2.51. The van der Waals surface area contributed by atoms with Gasteiger partial charge in [0.2, 0.25) is 10.0 Å². The first-order valence-electron chi connectivity index (χ1n) is 5.91. The van der Waals surface area contributed by atoms with Crippen molar-refractivity contribution in [2.24, 2.45) is 5.92 Å². The molecule has 0 saturated carbocycles. The SMILES string of the molecule is Cc1c(F)cc(C(=O)O)cc1S(=O)(=O)N1CC(CO)C1. The van der Waals surface area contributed by atoms with Gasteiger partial charge in [0.1, 0.15) is 5.82 Å². The van der Waals surface area contributed by atoms with Crippen LogP contribution in [0.2, 0.25) is 0 Å². The number of benzene rings is 1. The van der Waals surface area contributed by atoms with Crippen LogP contribution in [0.3, 0.4) is 0 Å². The molecular weight excluding hydrogens is 289 g/mol. The van der Waals surface area contributed by atoms with Crippen molar-refractivity contribution in [2.45, 2.75) is 11.8 Å². The Kier molecular flexibility index (Phi) is 3.81. The van der Waals surface area contributed by atoms with Gasteiger partial charge in [-0.3, -0.25) is 0 Å². The number of aliphatic hydroxyl groups is 1. The number of carbonyl (C=O) groups is 1. The average Bonchev–Trinajstić information content (AvgIpc) is 2.30. The molecule has 0 unspecified atom stereocenters. The van der Waals surface area contributed by atoms with Gasteiger partial charge >= 0.3 is 5.97 Å². The Balaban J connectivity index is 2.44. The second-order valence-electron chi connectivity index (χ2n) is 4.76. The Bertz CT molecular complexity index is 652. The minimum atomic E-state index is -3.94. The summed E-state index contributed by atoms with van der Waals surface area (Å²) in [5.74, 6) is -2.39. The van der Waals surface area contributed by atoms with E-state index >= 15 is 0 Å². The minimum Gasteiger partial charge on any atom is -0.478 e. The highest BCUT2D eigenvalue weighted by molar-refractivity contribution is 7.89. The summed E-state index contributed by atoms with van der Waals surface area (Å²) in [7, 11) is -3.94. The van der Waals surface area contributed by atoms with E-state index in [0.717, 1.165) is 16.4 Å². The third kappa shape index (κ3) is 2.41. The number of carboxylic acids is 1. The maximum absolute atomic E-state index is 13.7. The van der Waals surface area contributed by atoms with Crippen LogP contribution in [0.25, 0.3) is 0 Å². The summed E-state index contributed by atoms with van der Waals surface area (Å²) in [4.78, 5) is 10.5. The molecule has 1 aliphatic rings. The molecule has 1 fully saturated rings. The maximum Gasteiger partial charge on any atom is 0.335 e. The Hall–Kier alpha value is -1.51. The monoisotopic (exact) mass is 303 g/mol. The van der Waals surface area contributed by atoms with Crippen molar-refractivity contribution in [1.29, 1.82) is 0 Å². The summed E-state index contributed by atoms with van der Waals surface area (Å²) in [6.07, 6.45) is 0. The second-order valence-corrected chi connectivity index (χ2v) is 6.66. The average molecular weight is 303 g/mol. The summed E-state index contributed by atoms with van der Waals surface area (Å²) in [5.41, 5.74) is -0.520. The van der Waals surface area contributed by atoms with Crippen LogP contribution in [0.4, 0.5) is 4.39 Å². The van der Waals surface area contributed by atoms with Crippen LogP contribution in [0.5, 0.6) is 0 Å². The topological polar surface area (TPSA) is 94.9 Å². The number of aliphatic hydroxyl groups excluding tert-OH is 1. The van der Waals surface area contributed by atoms with Crippen molar-refractivity contribution in [1.82, 2.24) is 4.31 Å². The zero-order valence-electron chi connectivity index (χ0n) is 10.7. The molecule has 1 aliphatic heterocycles. The van der Waals surface area contributed by atoms with E-state index in [-0.39, 0.29) is 36.1 Å². The van der Waals surface area contributed by atoms with E-state index in [9.17, 15) is 17.6 Å². The van der Waals surface area contributed by atoms with Crippen LogP contribution >= 0.6 is 0 Å². The fourth-order valence-electron chi connectivity index (χ4n) is 2.02. The van der Waals surface area contributed by atoms with Gasteiger partial charge in [0.15, 0.2) is 0 Å². The molecule has 0 radical (unpaired) electrons. The number of halogens is 1. The van der Waals surface area contributed by atoms with E-state index < -0.39 is 27.4 Å². The van der Waals surface area contributed by atoms with Gasteiger partial charge in [0.05, 0.1) is 10.5 Å². The molecule has 2 rings (SSSR count). The summed E-state index contributed by atoms with van der Waals surface area (Å²) >= 11 is 0. The zero-order valence-corrected chi connectivity index (χ0v) is 11.5. The highest BCUT2D eigenvalue weighted by Crippen LogP contribution is 2.28. The van der Waals surface area contributed by atoms with Gasteiger partial charge in [0, 0.05) is 31.2 Å². The van der Waals surface area contributed by atoms with Crippen LogP contribution in [0.1, 0.15) is 15.9 Å². The zero-order chi connectivity index (χ0) is 15.1. The number of sulfonamides is 1. The molecule has 0 amide bonds. The lowest BCUT2D eigenvalue weighted by atomic mass is 10.1. The largest absolute Gasteiger partial charge is 0.478 e. The van der Waals surface area contributed by atoms with Crippen molar-refractivity contribution in [3.05, 3.63) is 29.1 Å². The first kappa shape index (κ1) is 14.9. The Morgan fingerprint density at radius 3 is 2.55 bits per heavy atom. The molecule has 1 heterocycles. The van der Waals surface area contributed by atoms with E-state index in [0.29, 0.717) is 0 Å². The van der Waals surface area contributed by atoms with Crippen molar-refractivity contribution in [3.8, 4) is 0 Å². The Morgan fingerprint density at radius 2 is 2.05 bits per heavy atom.